The lowest BCUT2D eigenvalue weighted by Gasteiger charge is -2.27. The van der Waals surface area contributed by atoms with Crippen molar-refractivity contribution in [1.29, 1.82) is 0 Å². The first kappa shape index (κ1) is 19.8. The van der Waals surface area contributed by atoms with Gasteiger partial charge in [-0.3, -0.25) is 4.79 Å². The van der Waals surface area contributed by atoms with Crippen molar-refractivity contribution in [2.24, 2.45) is 5.41 Å². The average Bonchev–Trinajstić information content (AvgIpc) is 2.65. The first-order valence-electron chi connectivity index (χ1n) is 9.74. The lowest BCUT2D eigenvalue weighted by atomic mass is 9.97. The molecular weight excluding hydrogens is 348 g/mol. The molecule has 0 spiro atoms. The predicted octanol–water partition coefficient (Wildman–Crippen LogP) is 5.23. The zero-order chi connectivity index (χ0) is 20.3. The summed E-state index contributed by atoms with van der Waals surface area (Å²) in [6, 6.07) is 11.7. The molecule has 0 unspecified atom stereocenters. The number of rotatable bonds is 3. The smallest absolute Gasteiger partial charge is 0.255 e. The quantitative estimate of drug-likeness (QED) is 0.722. The van der Waals surface area contributed by atoms with Gasteiger partial charge in [-0.1, -0.05) is 18.8 Å². The summed E-state index contributed by atoms with van der Waals surface area (Å²) in [6.07, 6.45) is 1.01. The summed E-state index contributed by atoms with van der Waals surface area (Å²) in [5, 5.41) is 6.41. The van der Waals surface area contributed by atoms with Gasteiger partial charge in [0.2, 0.25) is 0 Å². The van der Waals surface area contributed by atoms with E-state index in [1.54, 1.807) is 0 Å². The number of ether oxygens (including phenoxy) is 1. The summed E-state index contributed by atoms with van der Waals surface area (Å²) in [5.41, 5.74) is 4.10. The Morgan fingerprint density at radius 2 is 2.04 bits per heavy atom. The summed E-state index contributed by atoms with van der Waals surface area (Å²) >= 11 is 0. The minimum atomic E-state index is -0.136. The minimum absolute atomic E-state index is 0.0511. The molecule has 0 radical (unpaired) electrons. The van der Waals surface area contributed by atoms with E-state index in [4.69, 9.17) is 4.74 Å². The Kier molecular flexibility index (Phi) is 5.65. The molecule has 1 atom stereocenters. The molecule has 28 heavy (non-hydrogen) atoms. The van der Waals surface area contributed by atoms with Crippen LogP contribution in [-0.4, -0.2) is 18.6 Å². The van der Waals surface area contributed by atoms with Crippen LogP contribution in [0.5, 0.6) is 5.75 Å². The minimum Gasteiger partial charge on any atom is -0.489 e. The number of anilines is 2. The lowest BCUT2D eigenvalue weighted by molar-refractivity contribution is 0.102. The van der Waals surface area contributed by atoms with Gasteiger partial charge < -0.3 is 15.4 Å². The van der Waals surface area contributed by atoms with Crippen LogP contribution in [0.3, 0.4) is 0 Å². The highest BCUT2D eigenvalue weighted by Gasteiger charge is 2.18. The molecule has 0 bridgehead atoms. The molecule has 0 fully saturated rings. The zero-order valence-corrected chi connectivity index (χ0v) is 17.3. The second kappa shape index (κ2) is 7.98. The van der Waals surface area contributed by atoms with Crippen molar-refractivity contribution in [3.8, 4) is 17.6 Å². The zero-order valence-electron chi connectivity index (χ0n) is 17.3. The van der Waals surface area contributed by atoms with Crippen LogP contribution in [0.4, 0.5) is 11.4 Å². The van der Waals surface area contributed by atoms with E-state index in [0.717, 1.165) is 34.7 Å². The van der Waals surface area contributed by atoms with Crippen LogP contribution >= 0.6 is 0 Å². The molecule has 0 aromatic heterocycles. The number of benzene rings is 2. The first-order chi connectivity index (χ1) is 13.2. The fraction of sp³-hybridized carbons (Fsp3) is 0.375. The van der Waals surface area contributed by atoms with Gasteiger partial charge in [0, 0.05) is 28.3 Å². The molecule has 2 N–H and O–H groups in total. The SMILES string of the molecule is CC[C@H]1COc2cc(NC(=O)c3ccc(C#CC(C)(C)C)cc3C)ccc2N1. The molecule has 1 amide bonds. The number of carbonyl (C=O) groups is 1. The van der Waals surface area contributed by atoms with Crippen LogP contribution in [-0.2, 0) is 0 Å². The number of carbonyl (C=O) groups excluding carboxylic acids is 1. The van der Waals surface area contributed by atoms with E-state index in [2.05, 4.69) is 50.2 Å². The number of nitrogens with one attached hydrogen (secondary N) is 2. The maximum atomic E-state index is 12.7. The Labute approximate surface area is 167 Å². The largest absolute Gasteiger partial charge is 0.489 e. The molecule has 3 rings (SSSR count). The van der Waals surface area contributed by atoms with Gasteiger partial charge in [0.05, 0.1) is 11.7 Å². The van der Waals surface area contributed by atoms with E-state index in [-0.39, 0.29) is 11.3 Å². The maximum absolute atomic E-state index is 12.7. The Balaban J connectivity index is 1.74. The fourth-order valence-electron chi connectivity index (χ4n) is 2.96. The van der Waals surface area contributed by atoms with Crippen LogP contribution in [0.25, 0.3) is 0 Å². The van der Waals surface area contributed by atoms with Gasteiger partial charge in [-0.05, 0) is 70.0 Å². The molecule has 1 aliphatic rings. The summed E-state index contributed by atoms with van der Waals surface area (Å²) < 4.78 is 5.82. The van der Waals surface area contributed by atoms with Gasteiger partial charge in [-0.2, -0.15) is 0 Å². The third kappa shape index (κ3) is 4.86. The Morgan fingerprint density at radius 1 is 1.25 bits per heavy atom. The molecule has 2 aromatic carbocycles. The number of hydrogen-bond acceptors (Lipinski definition) is 3. The van der Waals surface area contributed by atoms with Crippen molar-refractivity contribution in [3.05, 3.63) is 53.1 Å². The first-order valence-corrected chi connectivity index (χ1v) is 9.74. The van der Waals surface area contributed by atoms with Gasteiger partial charge in [0.1, 0.15) is 12.4 Å². The van der Waals surface area contributed by atoms with E-state index >= 15 is 0 Å². The molecule has 1 heterocycles. The van der Waals surface area contributed by atoms with E-state index in [9.17, 15) is 4.79 Å². The van der Waals surface area contributed by atoms with Gasteiger partial charge in [-0.15, -0.1) is 0 Å². The number of amides is 1. The van der Waals surface area contributed by atoms with Crippen LogP contribution in [0, 0.1) is 24.2 Å². The molecular formula is C24H28N2O2. The maximum Gasteiger partial charge on any atom is 0.255 e. The molecule has 0 saturated carbocycles. The molecule has 2 aromatic rings. The third-order valence-corrected chi connectivity index (χ3v) is 4.58. The number of aryl methyl sites for hydroxylation is 1. The van der Waals surface area contributed by atoms with Gasteiger partial charge >= 0.3 is 0 Å². The Hall–Kier alpha value is -2.93. The molecule has 4 nitrogen and oxygen atoms in total. The number of hydrogen-bond donors (Lipinski definition) is 2. The third-order valence-electron chi connectivity index (χ3n) is 4.58. The molecule has 0 saturated heterocycles. The van der Waals surface area contributed by atoms with Gasteiger partial charge in [-0.25, -0.2) is 0 Å². The molecule has 0 aliphatic carbocycles. The summed E-state index contributed by atoms with van der Waals surface area (Å²) in [4.78, 5) is 12.7. The highest BCUT2D eigenvalue weighted by molar-refractivity contribution is 6.05. The monoisotopic (exact) mass is 376 g/mol. The topological polar surface area (TPSA) is 50.4 Å². The second-order valence-electron chi connectivity index (χ2n) is 8.26. The molecule has 4 heteroatoms. The van der Waals surface area contributed by atoms with Crippen LogP contribution in [0.2, 0.25) is 0 Å². The normalized spacial score (nSPS) is 15.4. The van der Waals surface area contributed by atoms with E-state index in [1.807, 2.05) is 43.3 Å². The van der Waals surface area contributed by atoms with Crippen molar-refractivity contribution in [1.82, 2.24) is 0 Å². The lowest BCUT2D eigenvalue weighted by Crippen LogP contribution is -2.30. The van der Waals surface area contributed by atoms with E-state index in [0.29, 0.717) is 18.2 Å². The molecule has 146 valence electrons. The van der Waals surface area contributed by atoms with Crippen molar-refractivity contribution in [2.45, 2.75) is 47.1 Å². The van der Waals surface area contributed by atoms with Crippen LogP contribution in [0.1, 0.15) is 55.6 Å². The Morgan fingerprint density at radius 3 is 2.71 bits per heavy atom. The summed E-state index contributed by atoms with van der Waals surface area (Å²) in [6.45, 7) is 10.9. The van der Waals surface area contributed by atoms with Crippen LogP contribution < -0.4 is 15.4 Å². The highest BCUT2D eigenvalue weighted by Crippen LogP contribution is 2.32. The van der Waals surface area contributed by atoms with Crippen LogP contribution in [0.15, 0.2) is 36.4 Å². The average molecular weight is 377 g/mol. The van der Waals surface area contributed by atoms with Crippen molar-refractivity contribution >= 4 is 17.3 Å². The van der Waals surface area contributed by atoms with E-state index < -0.39 is 0 Å². The number of fused-ring (bicyclic) bond motifs is 1. The predicted molar refractivity (Wildman–Crippen MR) is 115 cm³/mol. The van der Waals surface area contributed by atoms with Crippen molar-refractivity contribution < 1.29 is 9.53 Å². The summed E-state index contributed by atoms with van der Waals surface area (Å²) in [5.74, 6) is 7.03. The van der Waals surface area contributed by atoms with Gasteiger partial charge in [0.15, 0.2) is 0 Å². The van der Waals surface area contributed by atoms with E-state index in [1.165, 1.54) is 0 Å². The Bertz CT molecular complexity index is 945. The standard InChI is InChI=1S/C24H28N2O2/c1-6-18-15-28-22-14-19(8-10-21(22)25-18)26-23(27)20-9-7-17(13-16(20)2)11-12-24(3,4)5/h7-10,13-14,18,25H,6,15H2,1-5H3,(H,26,27)/t18-/m0/s1. The van der Waals surface area contributed by atoms with Crippen molar-refractivity contribution in [2.75, 3.05) is 17.2 Å². The highest BCUT2D eigenvalue weighted by atomic mass is 16.5. The van der Waals surface area contributed by atoms with Crippen molar-refractivity contribution in [3.63, 3.8) is 0 Å². The molecule has 1 aliphatic heterocycles. The fourth-order valence-corrected chi connectivity index (χ4v) is 2.96. The second-order valence-corrected chi connectivity index (χ2v) is 8.26. The van der Waals surface area contributed by atoms with Gasteiger partial charge in [0.25, 0.3) is 5.91 Å². The summed E-state index contributed by atoms with van der Waals surface area (Å²) in [7, 11) is 0.